The standard InChI is InChI=1S/C12H19N5O3/c1-5-6(2)20-7(3)9(5)12(18)15-11-8(4-14-16-11)10(13)17-19/h4-7,9,19H,1-3H3,(H2,13,17)(H2,14,15,16,18). The van der Waals surface area contributed by atoms with Crippen LogP contribution in [0.25, 0.3) is 0 Å². The van der Waals surface area contributed by atoms with E-state index in [-0.39, 0.29) is 35.8 Å². The lowest BCUT2D eigenvalue weighted by molar-refractivity contribution is -0.122. The number of carbonyl (C=O) groups is 1. The van der Waals surface area contributed by atoms with Crippen LogP contribution in [0.3, 0.4) is 0 Å². The fourth-order valence-electron chi connectivity index (χ4n) is 2.55. The van der Waals surface area contributed by atoms with Crippen molar-refractivity contribution in [2.45, 2.75) is 33.0 Å². The normalized spacial score (nSPS) is 30.4. The molecule has 2 heterocycles. The molecule has 8 heteroatoms. The number of ether oxygens (including phenoxy) is 1. The van der Waals surface area contributed by atoms with Crippen LogP contribution in [-0.2, 0) is 9.53 Å². The first-order chi connectivity index (χ1) is 9.45. The van der Waals surface area contributed by atoms with Crippen molar-refractivity contribution >= 4 is 17.6 Å². The van der Waals surface area contributed by atoms with Gasteiger partial charge in [-0.2, -0.15) is 5.10 Å². The molecule has 4 atom stereocenters. The molecule has 1 aliphatic rings. The van der Waals surface area contributed by atoms with Crippen LogP contribution >= 0.6 is 0 Å². The Morgan fingerprint density at radius 3 is 2.75 bits per heavy atom. The minimum atomic E-state index is -0.256. The second-order valence-corrected chi connectivity index (χ2v) is 5.06. The van der Waals surface area contributed by atoms with E-state index in [9.17, 15) is 4.79 Å². The Balaban J connectivity index is 2.15. The Morgan fingerprint density at radius 1 is 1.50 bits per heavy atom. The van der Waals surface area contributed by atoms with E-state index in [1.54, 1.807) is 0 Å². The molecule has 20 heavy (non-hydrogen) atoms. The van der Waals surface area contributed by atoms with E-state index in [2.05, 4.69) is 20.7 Å². The highest BCUT2D eigenvalue weighted by Crippen LogP contribution is 2.33. The number of oxime groups is 1. The molecule has 0 bridgehead atoms. The van der Waals surface area contributed by atoms with Crippen molar-refractivity contribution in [3.05, 3.63) is 11.8 Å². The van der Waals surface area contributed by atoms with Gasteiger partial charge in [-0.05, 0) is 19.8 Å². The molecule has 0 spiro atoms. The van der Waals surface area contributed by atoms with E-state index in [1.165, 1.54) is 6.20 Å². The third kappa shape index (κ3) is 2.46. The van der Waals surface area contributed by atoms with Gasteiger partial charge in [-0.1, -0.05) is 12.1 Å². The number of anilines is 1. The zero-order chi connectivity index (χ0) is 14.9. The second kappa shape index (κ2) is 5.49. The molecule has 0 radical (unpaired) electrons. The van der Waals surface area contributed by atoms with Crippen LogP contribution in [0.4, 0.5) is 5.82 Å². The lowest BCUT2D eigenvalue weighted by Gasteiger charge is -2.17. The molecule has 0 saturated carbocycles. The van der Waals surface area contributed by atoms with Gasteiger partial charge in [0.05, 0.1) is 29.9 Å². The Morgan fingerprint density at radius 2 is 2.20 bits per heavy atom. The summed E-state index contributed by atoms with van der Waals surface area (Å²) in [6.45, 7) is 5.81. The van der Waals surface area contributed by atoms with Gasteiger partial charge in [-0.15, -0.1) is 0 Å². The average Bonchev–Trinajstić information content (AvgIpc) is 2.94. The lowest BCUT2D eigenvalue weighted by atomic mass is 9.89. The summed E-state index contributed by atoms with van der Waals surface area (Å²) in [6.07, 6.45) is 1.26. The molecule has 1 saturated heterocycles. The number of nitrogens with zero attached hydrogens (tertiary/aromatic N) is 2. The van der Waals surface area contributed by atoms with E-state index in [0.717, 1.165) is 0 Å². The maximum Gasteiger partial charge on any atom is 0.231 e. The number of hydrogen-bond acceptors (Lipinski definition) is 5. The smallest absolute Gasteiger partial charge is 0.231 e. The molecule has 1 aliphatic heterocycles. The van der Waals surface area contributed by atoms with Gasteiger partial charge in [-0.3, -0.25) is 9.89 Å². The van der Waals surface area contributed by atoms with E-state index in [4.69, 9.17) is 15.7 Å². The van der Waals surface area contributed by atoms with Crippen LogP contribution in [0.2, 0.25) is 0 Å². The number of nitrogens with one attached hydrogen (secondary N) is 2. The van der Waals surface area contributed by atoms with Crippen molar-refractivity contribution in [3.63, 3.8) is 0 Å². The van der Waals surface area contributed by atoms with Gasteiger partial charge >= 0.3 is 0 Å². The summed E-state index contributed by atoms with van der Waals surface area (Å²) in [7, 11) is 0. The van der Waals surface area contributed by atoms with Crippen molar-refractivity contribution in [3.8, 4) is 0 Å². The van der Waals surface area contributed by atoms with Gasteiger partial charge in [0.25, 0.3) is 0 Å². The van der Waals surface area contributed by atoms with Crippen LogP contribution < -0.4 is 11.1 Å². The lowest BCUT2D eigenvalue weighted by Crippen LogP contribution is -2.32. The Labute approximate surface area is 116 Å². The van der Waals surface area contributed by atoms with E-state index in [0.29, 0.717) is 11.4 Å². The van der Waals surface area contributed by atoms with Crippen molar-refractivity contribution in [2.75, 3.05) is 5.32 Å². The maximum absolute atomic E-state index is 12.4. The molecule has 1 aromatic rings. The number of aromatic amines is 1. The molecule has 0 aliphatic carbocycles. The van der Waals surface area contributed by atoms with Gasteiger partial charge in [0.1, 0.15) is 5.82 Å². The van der Waals surface area contributed by atoms with Crippen molar-refractivity contribution in [2.24, 2.45) is 22.7 Å². The van der Waals surface area contributed by atoms with Crippen LogP contribution in [0.1, 0.15) is 26.3 Å². The van der Waals surface area contributed by atoms with Gasteiger partial charge in [-0.25, -0.2) is 0 Å². The average molecular weight is 281 g/mol. The highest BCUT2D eigenvalue weighted by molar-refractivity contribution is 6.04. The summed E-state index contributed by atoms with van der Waals surface area (Å²) >= 11 is 0. The number of aromatic nitrogens is 2. The molecular formula is C12H19N5O3. The van der Waals surface area contributed by atoms with Gasteiger partial charge in [0, 0.05) is 0 Å². The summed E-state index contributed by atoms with van der Waals surface area (Å²) in [5.74, 6) is -0.130. The van der Waals surface area contributed by atoms with Gasteiger partial charge in [0.2, 0.25) is 5.91 Å². The summed E-state index contributed by atoms with van der Waals surface area (Å²) in [5, 5.41) is 20.7. The van der Waals surface area contributed by atoms with Gasteiger partial charge < -0.3 is 21.0 Å². The summed E-state index contributed by atoms with van der Waals surface area (Å²) in [6, 6.07) is 0. The third-order valence-electron chi connectivity index (χ3n) is 3.82. The van der Waals surface area contributed by atoms with Crippen LogP contribution in [0, 0.1) is 11.8 Å². The molecule has 0 aromatic carbocycles. The number of H-pyrrole nitrogens is 1. The zero-order valence-electron chi connectivity index (χ0n) is 11.6. The molecular weight excluding hydrogens is 262 g/mol. The first-order valence-electron chi connectivity index (χ1n) is 6.43. The maximum atomic E-state index is 12.4. The molecule has 1 fully saturated rings. The number of rotatable bonds is 3. The predicted molar refractivity (Wildman–Crippen MR) is 72.4 cm³/mol. The highest BCUT2D eigenvalue weighted by atomic mass is 16.5. The predicted octanol–water partition coefficient (Wildman–Crippen LogP) is 0.502. The monoisotopic (exact) mass is 281 g/mol. The van der Waals surface area contributed by atoms with Crippen LogP contribution in [-0.4, -0.2) is 39.4 Å². The fraction of sp³-hybridized carbons (Fsp3) is 0.583. The number of carbonyl (C=O) groups excluding carboxylic acids is 1. The number of amidine groups is 1. The minimum absolute atomic E-state index is 0.0334. The topological polar surface area (TPSA) is 126 Å². The third-order valence-corrected chi connectivity index (χ3v) is 3.82. The molecule has 110 valence electrons. The molecule has 8 nitrogen and oxygen atoms in total. The van der Waals surface area contributed by atoms with E-state index >= 15 is 0 Å². The van der Waals surface area contributed by atoms with Gasteiger partial charge in [0.15, 0.2) is 5.84 Å². The van der Waals surface area contributed by atoms with E-state index in [1.807, 2.05) is 20.8 Å². The first kappa shape index (κ1) is 14.3. The Kier molecular flexibility index (Phi) is 3.93. The first-order valence-corrected chi connectivity index (χ1v) is 6.43. The Bertz CT molecular complexity index is 527. The van der Waals surface area contributed by atoms with Crippen LogP contribution in [0.15, 0.2) is 11.4 Å². The highest BCUT2D eigenvalue weighted by Gasteiger charge is 2.41. The fourth-order valence-corrected chi connectivity index (χ4v) is 2.55. The van der Waals surface area contributed by atoms with Crippen LogP contribution in [0.5, 0.6) is 0 Å². The molecule has 4 unspecified atom stereocenters. The minimum Gasteiger partial charge on any atom is -0.409 e. The van der Waals surface area contributed by atoms with E-state index < -0.39 is 0 Å². The molecule has 5 N–H and O–H groups in total. The zero-order valence-corrected chi connectivity index (χ0v) is 11.6. The van der Waals surface area contributed by atoms with Crippen molar-refractivity contribution in [1.29, 1.82) is 0 Å². The summed E-state index contributed by atoms with van der Waals surface area (Å²) < 4.78 is 5.65. The quantitative estimate of drug-likeness (QED) is 0.278. The Hall–Kier alpha value is -2.09. The molecule has 1 amide bonds. The number of hydrogen-bond donors (Lipinski definition) is 4. The molecule has 2 rings (SSSR count). The number of nitrogens with two attached hydrogens (primary N) is 1. The largest absolute Gasteiger partial charge is 0.409 e. The van der Waals surface area contributed by atoms with Crippen molar-refractivity contribution < 1.29 is 14.7 Å². The summed E-state index contributed by atoms with van der Waals surface area (Å²) in [4.78, 5) is 12.4. The molecule has 1 aromatic heterocycles. The number of amides is 1. The summed E-state index contributed by atoms with van der Waals surface area (Å²) in [5.41, 5.74) is 5.85. The SMILES string of the molecule is CC1OC(C)C(C(=O)Nc2[nH]ncc2C(N)=NO)C1C. The van der Waals surface area contributed by atoms with Crippen molar-refractivity contribution in [1.82, 2.24) is 10.2 Å². The second-order valence-electron chi connectivity index (χ2n) is 5.06.